The Morgan fingerprint density at radius 1 is 1.10 bits per heavy atom. The van der Waals surface area contributed by atoms with Crippen LogP contribution in [0.2, 0.25) is 5.02 Å². The number of benzene rings is 2. The van der Waals surface area contributed by atoms with Crippen LogP contribution in [0.4, 0.5) is 4.39 Å². The first-order chi connectivity index (χ1) is 18.2. The Morgan fingerprint density at radius 2 is 1.77 bits per heavy atom. The van der Waals surface area contributed by atoms with Gasteiger partial charge in [-0.1, -0.05) is 63.6 Å². The van der Waals surface area contributed by atoms with Crippen molar-refractivity contribution in [1.82, 2.24) is 25.1 Å². The predicted molar refractivity (Wildman–Crippen MR) is 151 cm³/mol. The summed E-state index contributed by atoms with van der Waals surface area (Å²) in [7, 11) is -3.47. The number of rotatable bonds is 11. The minimum absolute atomic E-state index is 0.0279. The Hall–Kier alpha value is -3.02. The quantitative estimate of drug-likeness (QED) is 0.298. The van der Waals surface area contributed by atoms with Crippen molar-refractivity contribution in [2.45, 2.75) is 58.9 Å². The first-order valence-corrected chi connectivity index (χ1v) is 14.6. The van der Waals surface area contributed by atoms with E-state index in [0.717, 1.165) is 5.56 Å². The van der Waals surface area contributed by atoms with Gasteiger partial charge in [0.2, 0.25) is 15.9 Å². The standard InChI is InChI=1S/C27H35ClFN5O4S/c1-6-17(2)39(37,38)31-15-14-30-26(36)24(27(3,4)5)32-25(35)22-20-8-7-9-21(28)23(20)34(33-22)16-18-10-12-19(29)13-11-18/h7-13,17,24,31H,6,14-16H2,1-5H3,(H,30,36)(H,32,35)/t17?,24-/m1/s1. The van der Waals surface area contributed by atoms with E-state index >= 15 is 0 Å². The van der Waals surface area contributed by atoms with E-state index in [9.17, 15) is 22.4 Å². The molecule has 1 aromatic heterocycles. The molecule has 0 bridgehead atoms. The van der Waals surface area contributed by atoms with Crippen LogP contribution in [0.3, 0.4) is 0 Å². The lowest BCUT2D eigenvalue weighted by atomic mass is 9.86. The summed E-state index contributed by atoms with van der Waals surface area (Å²) in [6, 6.07) is 10.1. The van der Waals surface area contributed by atoms with Crippen LogP contribution in [0.25, 0.3) is 10.9 Å². The van der Waals surface area contributed by atoms with Crippen molar-refractivity contribution >= 4 is 44.3 Å². The average Bonchev–Trinajstić information content (AvgIpc) is 3.24. The molecule has 3 N–H and O–H groups in total. The summed E-state index contributed by atoms with van der Waals surface area (Å²) < 4.78 is 41.7. The third kappa shape index (κ3) is 7.55. The maximum absolute atomic E-state index is 13.5. The monoisotopic (exact) mass is 579 g/mol. The van der Waals surface area contributed by atoms with E-state index in [1.807, 2.05) is 20.8 Å². The Labute approximate surface area is 233 Å². The van der Waals surface area contributed by atoms with E-state index in [0.29, 0.717) is 22.3 Å². The highest BCUT2D eigenvalue weighted by Gasteiger charge is 2.34. The first-order valence-electron chi connectivity index (χ1n) is 12.7. The molecule has 0 spiro atoms. The van der Waals surface area contributed by atoms with Gasteiger partial charge in [-0.2, -0.15) is 5.10 Å². The van der Waals surface area contributed by atoms with Crippen molar-refractivity contribution in [3.63, 3.8) is 0 Å². The first kappa shape index (κ1) is 30.5. The molecule has 0 aliphatic rings. The molecule has 2 amide bonds. The zero-order chi connectivity index (χ0) is 29.0. The van der Waals surface area contributed by atoms with Crippen LogP contribution in [-0.2, 0) is 21.4 Å². The topological polar surface area (TPSA) is 122 Å². The Bertz CT molecular complexity index is 1430. The number of fused-ring (bicyclic) bond motifs is 1. The molecule has 2 aromatic carbocycles. The highest BCUT2D eigenvalue weighted by atomic mass is 35.5. The summed E-state index contributed by atoms with van der Waals surface area (Å²) in [5, 5.41) is 10.4. The molecule has 39 heavy (non-hydrogen) atoms. The van der Waals surface area contributed by atoms with Crippen LogP contribution in [0.1, 0.15) is 57.1 Å². The molecule has 3 rings (SSSR count). The van der Waals surface area contributed by atoms with Gasteiger partial charge in [0.25, 0.3) is 5.91 Å². The lowest BCUT2D eigenvalue weighted by molar-refractivity contribution is -0.125. The number of carbonyl (C=O) groups excluding carboxylic acids is 2. The number of halogens is 2. The SMILES string of the molecule is CCC(C)S(=O)(=O)NCCNC(=O)[C@@H](NC(=O)c1nn(Cc2ccc(F)cc2)c2c(Cl)cccc12)C(C)(C)C. The van der Waals surface area contributed by atoms with Gasteiger partial charge in [-0.25, -0.2) is 17.5 Å². The number of hydrogen-bond donors (Lipinski definition) is 3. The van der Waals surface area contributed by atoms with E-state index < -0.39 is 38.5 Å². The van der Waals surface area contributed by atoms with Gasteiger partial charge in [0.15, 0.2) is 5.69 Å². The third-order valence-corrected chi connectivity index (χ3v) is 8.72. The second kappa shape index (κ2) is 12.4. The van der Waals surface area contributed by atoms with Crippen LogP contribution in [0.15, 0.2) is 42.5 Å². The Kier molecular flexibility index (Phi) is 9.74. The average molecular weight is 580 g/mol. The van der Waals surface area contributed by atoms with Gasteiger partial charge >= 0.3 is 0 Å². The zero-order valence-corrected chi connectivity index (χ0v) is 24.3. The maximum Gasteiger partial charge on any atom is 0.273 e. The lowest BCUT2D eigenvalue weighted by Crippen LogP contribution is -2.54. The van der Waals surface area contributed by atoms with Gasteiger partial charge < -0.3 is 10.6 Å². The minimum Gasteiger partial charge on any atom is -0.353 e. The minimum atomic E-state index is -3.47. The fourth-order valence-corrected chi connectivity index (χ4v) is 5.34. The smallest absolute Gasteiger partial charge is 0.273 e. The molecule has 0 saturated heterocycles. The highest BCUT2D eigenvalue weighted by Crippen LogP contribution is 2.28. The van der Waals surface area contributed by atoms with Crippen molar-refractivity contribution in [2.24, 2.45) is 5.41 Å². The van der Waals surface area contributed by atoms with Crippen LogP contribution in [-0.4, -0.2) is 54.4 Å². The Balaban J connectivity index is 1.79. The summed E-state index contributed by atoms with van der Waals surface area (Å²) in [5.41, 5.74) is 0.737. The molecule has 9 nitrogen and oxygen atoms in total. The van der Waals surface area contributed by atoms with Crippen molar-refractivity contribution in [3.05, 3.63) is 64.6 Å². The summed E-state index contributed by atoms with van der Waals surface area (Å²) in [5.74, 6) is -1.37. The zero-order valence-electron chi connectivity index (χ0n) is 22.7. The van der Waals surface area contributed by atoms with Crippen molar-refractivity contribution in [2.75, 3.05) is 13.1 Å². The molecular weight excluding hydrogens is 545 g/mol. The Morgan fingerprint density at radius 3 is 2.38 bits per heavy atom. The normalized spacial score (nSPS) is 13.7. The van der Waals surface area contributed by atoms with Crippen LogP contribution in [0, 0.1) is 11.2 Å². The highest BCUT2D eigenvalue weighted by molar-refractivity contribution is 7.90. The molecule has 2 atom stereocenters. The number of hydrogen-bond acceptors (Lipinski definition) is 5. The number of para-hydroxylation sites is 1. The summed E-state index contributed by atoms with van der Waals surface area (Å²) >= 11 is 6.47. The number of aromatic nitrogens is 2. The van der Waals surface area contributed by atoms with E-state index in [-0.39, 0.29) is 31.1 Å². The number of carbonyl (C=O) groups is 2. The summed E-state index contributed by atoms with van der Waals surface area (Å²) in [6.45, 7) is 9.17. The van der Waals surface area contributed by atoms with Crippen molar-refractivity contribution < 1.29 is 22.4 Å². The van der Waals surface area contributed by atoms with Gasteiger partial charge in [-0.05, 0) is 42.5 Å². The second-order valence-electron chi connectivity index (χ2n) is 10.5. The fourth-order valence-electron chi connectivity index (χ4n) is 3.96. The summed E-state index contributed by atoms with van der Waals surface area (Å²) in [6.07, 6.45) is 0.472. The molecule has 3 aromatic rings. The number of nitrogens with one attached hydrogen (secondary N) is 3. The van der Waals surface area contributed by atoms with E-state index in [1.54, 1.807) is 48.9 Å². The van der Waals surface area contributed by atoms with Gasteiger partial charge in [-0.15, -0.1) is 0 Å². The molecule has 0 radical (unpaired) electrons. The van der Waals surface area contributed by atoms with Gasteiger partial charge in [0.05, 0.1) is 22.3 Å². The van der Waals surface area contributed by atoms with E-state index in [2.05, 4.69) is 20.5 Å². The molecule has 0 fully saturated rings. The van der Waals surface area contributed by atoms with Crippen molar-refractivity contribution in [1.29, 1.82) is 0 Å². The van der Waals surface area contributed by atoms with Gasteiger partial charge in [0.1, 0.15) is 11.9 Å². The van der Waals surface area contributed by atoms with Crippen LogP contribution in [0.5, 0.6) is 0 Å². The number of amides is 2. The molecule has 0 aliphatic heterocycles. The summed E-state index contributed by atoms with van der Waals surface area (Å²) in [4.78, 5) is 26.5. The van der Waals surface area contributed by atoms with E-state index in [1.165, 1.54) is 12.1 Å². The molecular formula is C27H35ClFN5O4S. The van der Waals surface area contributed by atoms with Crippen LogP contribution < -0.4 is 15.4 Å². The molecule has 0 saturated carbocycles. The van der Waals surface area contributed by atoms with Gasteiger partial charge in [-0.3, -0.25) is 14.3 Å². The molecule has 12 heteroatoms. The number of nitrogens with zero attached hydrogens (tertiary/aromatic N) is 2. The van der Waals surface area contributed by atoms with E-state index in [4.69, 9.17) is 11.6 Å². The van der Waals surface area contributed by atoms with Gasteiger partial charge in [0, 0.05) is 18.5 Å². The lowest BCUT2D eigenvalue weighted by Gasteiger charge is -2.30. The molecule has 0 aliphatic carbocycles. The maximum atomic E-state index is 13.5. The molecule has 1 unspecified atom stereocenters. The largest absolute Gasteiger partial charge is 0.353 e. The second-order valence-corrected chi connectivity index (χ2v) is 13.1. The third-order valence-electron chi connectivity index (χ3n) is 6.42. The predicted octanol–water partition coefficient (Wildman–Crippen LogP) is 3.86. The van der Waals surface area contributed by atoms with Crippen molar-refractivity contribution in [3.8, 4) is 0 Å². The molecule has 212 valence electrons. The number of sulfonamides is 1. The van der Waals surface area contributed by atoms with Crippen LogP contribution >= 0.6 is 11.6 Å². The molecule has 1 heterocycles. The fraction of sp³-hybridized carbons (Fsp3) is 0.444.